The molecule has 1 aliphatic rings. The van der Waals surface area contributed by atoms with Gasteiger partial charge in [-0.3, -0.25) is 10.1 Å². The van der Waals surface area contributed by atoms with Gasteiger partial charge in [0.05, 0.1) is 19.8 Å². The van der Waals surface area contributed by atoms with E-state index in [1.54, 1.807) is 0 Å². The molecule has 172 valence electrons. The topological polar surface area (TPSA) is 93.6 Å². The van der Waals surface area contributed by atoms with Crippen molar-refractivity contribution in [3.05, 3.63) is 65.2 Å². The molecule has 1 heterocycles. The van der Waals surface area contributed by atoms with Crippen LogP contribution in [0.25, 0.3) is 11.1 Å². The number of ether oxygens (including phenoxy) is 2. The number of carboxylic acids is 1. The van der Waals surface area contributed by atoms with Gasteiger partial charge in [-0.2, -0.15) is 9.97 Å². The lowest BCUT2D eigenvalue weighted by Crippen LogP contribution is -2.38. The van der Waals surface area contributed by atoms with Crippen LogP contribution >= 0.6 is 11.8 Å². The number of nitrogens with zero attached hydrogens (tertiary/aromatic N) is 2. The third-order valence-electron chi connectivity index (χ3n) is 5.95. The highest BCUT2D eigenvalue weighted by atomic mass is 32.2. The molecule has 0 bridgehead atoms. The molecule has 0 saturated heterocycles. The average Bonchev–Trinajstić information content (AvgIpc) is 3.64. The first-order chi connectivity index (χ1) is 16.0. The van der Waals surface area contributed by atoms with Gasteiger partial charge in [0.15, 0.2) is 5.16 Å². The second-order valence-electron chi connectivity index (χ2n) is 7.99. The van der Waals surface area contributed by atoms with Gasteiger partial charge in [0.2, 0.25) is 11.8 Å². The highest BCUT2D eigenvalue weighted by Gasteiger charge is 2.50. The van der Waals surface area contributed by atoms with Crippen molar-refractivity contribution in [3.63, 3.8) is 0 Å². The summed E-state index contributed by atoms with van der Waals surface area (Å²) in [5, 5.41) is 13.0. The van der Waals surface area contributed by atoms with Crippen LogP contribution in [0.4, 0.5) is 0 Å². The maximum atomic E-state index is 11.5. The first-order valence-electron chi connectivity index (χ1n) is 10.7. The van der Waals surface area contributed by atoms with Gasteiger partial charge in [0.25, 0.3) is 0 Å². The van der Waals surface area contributed by atoms with Gasteiger partial charge in [-0.05, 0) is 42.0 Å². The number of aromatic nitrogens is 2. The van der Waals surface area contributed by atoms with Gasteiger partial charge in [-0.25, -0.2) is 0 Å². The summed E-state index contributed by atoms with van der Waals surface area (Å²) in [4.78, 5) is 20.6. The fourth-order valence-electron chi connectivity index (χ4n) is 3.74. The van der Waals surface area contributed by atoms with E-state index < -0.39 is 11.5 Å². The maximum absolute atomic E-state index is 11.5. The lowest BCUT2D eigenvalue weighted by Gasteiger charge is -2.17. The van der Waals surface area contributed by atoms with Crippen molar-refractivity contribution in [3.8, 4) is 22.9 Å². The lowest BCUT2D eigenvalue weighted by atomic mass is 9.97. The molecular weight excluding hydrogens is 438 g/mol. The van der Waals surface area contributed by atoms with E-state index >= 15 is 0 Å². The zero-order valence-corrected chi connectivity index (χ0v) is 19.7. The smallest absolute Gasteiger partial charge is 0.323 e. The molecule has 8 heteroatoms. The molecule has 0 radical (unpaired) electrons. The molecule has 1 aliphatic carbocycles. The van der Waals surface area contributed by atoms with Crippen molar-refractivity contribution in [1.82, 2.24) is 15.3 Å². The Bertz CT molecular complexity index is 1120. The van der Waals surface area contributed by atoms with Crippen LogP contribution in [0.15, 0.2) is 53.7 Å². The van der Waals surface area contributed by atoms with Crippen LogP contribution in [-0.4, -0.2) is 40.8 Å². The molecule has 0 atom stereocenters. The molecule has 33 heavy (non-hydrogen) atoms. The normalized spacial score (nSPS) is 14.0. The first-order valence-corrected chi connectivity index (χ1v) is 11.7. The Balaban J connectivity index is 1.53. The van der Waals surface area contributed by atoms with Crippen LogP contribution in [0.1, 0.15) is 29.5 Å². The van der Waals surface area contributed by atoms with Crippen LogP contribution < -0.4 is 14.8 Å². The number of carboxylic acid groups (broad SMARTS) is 1. The minimum Gasteiger partial charge on any atom is -0.481 e. The summed E-state index contributed by atoms with van der Waals surface area (Å²) in [6.07, 6.45) is 1.20. The Morgan fingerprint density at radius 2 is 1.73 bits per heavy atom. The highest BCUT2D eigenvalue weighted by molar-refractivity contribution is 7.98. The third-order valence-corrected chi connectivity index (χ3v) is 6.84. The van der Waals surface area contributed by atoms with Crippen molar-refractivity contribution in [2.45, 2.75) is 42.8 Å². The van der Waals surface area contributed by atoms with Crippen LogP contribution in [-0.2, 0) is 17.1 Å². The molecule has 0 spiro atoms. The van der Waals surface area contributed by atoms with Crippen LogP contribution in [0.3, 0.4) is 0 Å². The number of thioether (sulfide) groups is 1. The van der Waals surface area contributed by atoms with Crippen LogP contribution in [0, 0.1) is 6.92 Å². The molecule has 1 aromatic heterocycles. The molecule has 1 saturated carbocycles. The van der Waals surface area contributed by atoms with E-state index in [0.717, 1.165) is 0 Å². The van der Waals surface area contributed by atoms with E-state index in [0.29, 0.717) is 41.1 Å². The standard InChI is InChI=1S/C25H27N3O4S/c1-16-18(10-7-11-19(16)17-8-5-4-6-9-17)15-33-24-27-21(31-2)20(22(28-24)32-3)14-26-25(12-13-25)23(29)30/h4-11,26H,12-15H2,1-3H3,(H,29,30). The van der Waals surface area contributed by atoms with E-state index in [1.165, 1.54) is 48.2 Å². The number of carbonyl (C=O) groups is 1. The summed E-state index contributed by atoms with van der Waals surface area (Å²) in [7, 11) is 3.08. The summed E-state index contributed by atoms with van der Waals surface area (Å²) in [5.74, 6) is 0.612. The monoisotopic (exact) mass is 465 g/mol. The summed E-state index contributed by atoms with van der Waals surface area (Å²) in [6, 6.07) is 16.6. The van der Waals surface area contributed by atoms with Crippen LogP contribution in [0.2, 0.25) is 0 Å². The molecule has 4 rings (SSSR count). The van der Waals surface area contributed by atoms with E-state index in [-0.39, 0.29) is 6.54 Å². The molecule has 0 amide bonds. The van der Waals surface area contributed by atoms with Gasteiger partial charge in [0, 0.05) is 12.3 Å². The number of nitrogens with one attached hydrogen (secondary N) is 1. The number of aliphatic carboxylic acids is 1. The fourth-order valence-corrected chi connectivity index (χ4v) is 4.63. The van der Waals surface area contributed by atoms with Gasteiger partial charge in [0.1, 0.15) is 5.54 Å². The number of hydrogen-bond acceptors (Lipinski definition) is 7. The lowest BCUT2D eigenvalue weighted by molar-refractivity contribution is -0.140. The average molecular weight is 466 g/mol. The fraction of sp³-hybridized carbons (Fsp3) is 0.320. The predicted molar refractivity (Wildman–Crippen MR) is 128 cm³/mol. The predicted octanol–water partition coefficient (Wildman–Crippen LogP) is 4.47. The SMILES string of the molecule is COc1nc(SCc2cccc(-c3ccccc3)c2C)nc(OC)c1CNC1(C(=O)O)CC1. The van der Waals surface area contributed by atoms with Gasteiger partial charge in [-0.15, -0.1) is 0 Å². The summed E-state index contributed by atoms with van der Waals surface area (Å²) in [6.45, 7) is 2.38. The molecule has 1 fully saturated rings. The molecule has 2 aromatic carbocycles. The summed E-state index contributed by atoms with van der Waals surface area (Å²) >= 11 is 1.50. The van der Waals surface area contributed by atoms with E-state index in [4.69, 9.17) is 9.47 Å². The molecule has 0 aliphatic heterocycles. The minimum absolute atomic E-state index is 0.252. The summed E-state index contributed by atoms with van der Waals surface area (Å²) in [5.41, 5.74) is 4.56. The largest absolute Gasteiger partial charge is 0.481 e. The van der Waals surface area contributed by atoms with E-state index in [9.17, 15) is 9.90 Å². The van der Waals surface area contributed by atoms with Crippen molar-refractivity contribution < 1.29 is 19.4 Å². The second-order valence-corrected chi connectivity index (χ2v) is 8.93. The van der Waals surface area contributed by atoms with Crippen molar-refractivity contribution >= 4 is 17.7 Å². The Labute approximate surface area is 197 Å². The summed E-state index contributed by atoms with van der Waals surface area (Å²) < 4.78 is 11.0. The third kappa shape index (κ3) is 4.96. The molecule has 2 N–H and O–H groups in total. The number of benzene rings is 2. The quantitative estimate of drug-likeness (QED) is 0.335. The van der Waals surface area contributed by atoms with E-state index in [2.05, 4.69) is 52.5 Å². The first kappa shape index (κ1) is 23.1. The van der Waals surface area contributed by atoms with E-state index in [1.807, 2.05) is 18.2 Å². The zero-order valence-electron chi connectivity index (χ0n) is 18.9. The minimum atomic E-state index is -0.870. The Hall–Kier alpha value is -3.10. The Morgan fingerprint density at radius 1 is 1.06 bits per heavy atom. The number of hydrogen-bond donors (Lipinski definition) is 2. The Morgan fingerprint density at radius 3 is 2.30 bits per heavy atom. The molecule has 0 unspecified atom stereocenters. The second kappa shape index (κ2) is 9.80. The van der Waals surface area contributed by atoms with Gasteiger partial charge >= 0.3 is 5.97 Å². The van der Waals surface area contributed by atoms with Gasteiger partial charge < -0.3 is 14.6 Å². The number of methoxy groups -OCH3 is 2. The maximum Gasteiger partial charge on any atom is 0.323 e. The van der Waals surface area contributed by atoms with Gasteiger partial charge in [-0.1, -0.05) is 60.3 Å². The van der Waals surface area contributed by atoms with Crippen molar-refractivity contribution in [1.29, 1.82) is 0 Å². The van der Waals surface area contributed by atoms with Crippen molar-refractivity contribution in [2.75, 3.05) is 14.2 Å². The number of rotatable bonds is 10. The van der Waals surface area contributed by atoms with Crippen LogP contribution in [0.5, 0.6) is 11.8 Å². The van der Waals surface area contributed by atoms with Crippen molar-refractivity contribution in [2.24, 2.45) is 0 Å². The Kier molecular flexibility index (Phi) is 6.85. The highest BCUT2D eigenvalue weighted by Crippen LogP contribution is 2.37. The molecule has 3 aromatic rings. The molecule has 7 nitrogen and oxygen atoms in total. The zero-order chi connectivity index (χ0) is 23.4. The molecular formula is C25H27N3O4S.